The maximum Gasteiger partial charge on any atom is 0.335 e. The van der Waals surface area contributed by atoms with E-state index in [1.807, 2.05) is 6.29 Å². The molecule has 21 heavy (non-hydrogen) atoms. The minimum absolute atomic E-state index is 0.273. The summed E-state index contributed by atoms with van der Waals surface area (Å²) >= 11 is 0. The van der Waals surface area contributed by atoms with Gasteiger partial charge in [-0.3, -0.25) is 4.79 Å². The van der Waals surface area contributed by atoms with Gasteiger partial charge in [0.2, 0.25) is 0 Å². The summed E-state index contributed by atoms with van der Waals surface area (Å²) in [5.41, 5.74) is 0.273. The van der Waals surface area contributed by atoms with Crippen molar-refractivity contribution in [1.29, 1.82) is 0 Å². The first-order chi connectivity index (χ1) is 10.2. The van der Waals surface area contributed by atoms with Gasteiger partial charge in [0.05, 0.1) is 12.2 Å². The van der Waals surface area contributed by atoms with Gasteiger partial charge in [-0.1, -0.05) is 32.1 Å². The van der Waals surface area contributed by atoms with E-state index in [2.05, 4.69) is 0 Å². The van der Waals surface area contributed by atoms with Gasteiger partial charge in [0.25, 0.3) is 0 Å². The van der Waals surface area contributed by atoms with Gasteiger partial charge in [0.1, 0.15) is 5.75 Å². The predicted molar refractivity (Wildman–Crippen MR) is 81.5 cm³/mol. The largest absolute Gasteiger partial charge is 0.494 e. The van der Waals surface area contributed by atoms with Gasteiger partial charge in [0, 0.05) is 6.42 Å². The number of unbranched alkanes of at least 4 members (excludes halogenated alkanes) is 7. The fraction of sp³-hybridized carbons (Fsp3) is 0.529. The molecular formula is C17H23O4. The lowest BCUT2D eigenvalue weighted by atomic mass is 10.1. The van der Waals surface area contributed by atoms with E-state index in [-0.39, 0.29) is 5.56 Å². The summed E-state index contributed by atoms with van der Waals surface area (Å²) in [6.07, 6.45) is 10.2. The Labute approximate surface area is 126 Å². The van der Waals surface area contributed by atoms with Crippen LogP contribution in [0.5, 0.6) is 5.75 Å². The molecule has 0 aliphatic rings. The monoisotopic (exact) mass is 291 g/mol. The normalized spacial score (nSPS) is 10.3. The van der Waals surface area contributed by atoms with Gasteiger partial charge in [0.15, 0.2) is 6.29 Å². The van der Waals surface area contributed by atoms with Gasteiger partial charge in [-0.25, -0.2) is 4.79 Å². The zero-order chi connectivity index (χ0) is 15.3. The molecule has 0 fully saturated rings. The zero-order valence-corrected chi connectivity index (χ0v) is 12.3. The highest BCUT2D eigenvalue weighted by molar-refractivity contribution is 5.87. The summed E-state index contributed by atoms with van der Waals surface area (Å²) in [5, 5.41) is 8.78. The number of carbonyl (C=O) groups excluding carboxylic acids is 1. The third kappa shape index (κ3) is 8.12. The maximum atomic E-state index is 10.7. The number of hydrogen-bond donors (Lipinski definition) is 1. The quantitative estimate of drug-likeness (QED) is 0.591. The lowest BCUT2D eigenvalue weighted by Gasteiger charge is -2.06. The summed E-state index contributed by atoms with van der Waals surface area (Å²) in [5.74, 6) is -0.210. The van der Waals surface area contributed by atoms with E-state index in [0.29, 0.717) is 18.8 Å². The topological polar surface area (TPSA) is 63.6 Å². The van der Waals surface area contributed by atoms with Crippen LogP contribution in [0.1, 0.15) is 61.7 Å². The summed E-state index contributed by atoms with van der Waals surface area (Å²) in [7, 11) is 0. The highest BCUT2D eigenvalue weighted by Gasteiger charge is 2.01. The highest BCUT2D eigenvalue weighted by atomic mass is 16.5. The van der Waals surface area contributed by atoms with Crippen molar-refractivity contribution >= 4 is 12.3 Å². The molecule has 1 rings (SSSR count). The molecule has 0 atom stereocenters. The van der Waals surface area contributed by atoms with Crippen molar-refractivity contribution < 1.29 is 19.4 Å². The van der Waals surface area contributed by atoms with Crippen molar-refractivity contribution in [3.8, 4) is 5.75 Å². The van der Waals surface area contributed by atoms with Crippen LogP contribution in [0.4, 0.5) is 0 Å². The third-order valence-electron chi connectivity index (χ3n) is 3.29. The van der Waals surface area contributed by atoms with Crippen LogP contribution in [0.15, 0.2) is 24.3 Å². The molecule has 1 radical (unpaired) electrons. The van der Waals surface area contributed by atoms with E-state index >= 15 is 0 Å². The average Bonchev–Trinajstić information content (AvgIpc) is 2.49. The zero-order valence-electron chi connectivity index (χ0n) is 12.3. The second-order valence-electron chi connectivity index (χ2n) is 5.05. The molecule has 1 aromatic carbocycles. The van der Waals surface area contributed by atoms with Crippen molar-refractivity contribution in [3.63, 3.8) is 0 Å². The summed E-state index contributed by atoms with van der Waals surface area (Å²) in [6, 6.07) is 6.48. The van der Waals surface area contributed by atoms with Crippen LogP contribution in [0.2, 0.25) is 0 Å². The first kappa shape index (κ1) is 17.2. The molecule has 1 aromatic rings. The Balaban J connectivity index is 1.99. The Morgan fingerprint density at radius 3 is 2.10 bits per heavy atom. The minimum atomic E-state index is -0.924. The standard InChI is InChI=1S/C17H23O4/c18-13-7-5-3-1-2-4-6-8-14-21-16-11-9-15(10-12-16)17(19)20/h9-12H,1-8,14H2,(H,19,20). The number of carboxylic acid groups (broad SMARTS) is 1. The smallest absolute Gasteiger partial charge is 0.335 e. The van der Waals surface area contributed by atoms with Gasteiger partial charge < -0.3 is 9.84 Å². The van der Waals surface area contributed by atoms with Crippen LogP contribution in [0, 0.1) is 0 Å². The molecule has 0 saturated carbocycles. The predicted octanol–water partition coefficient (Wildman–Crippen LogP) is 3.99. The van der Waals surface area contributed by atoms with Crippen LogP contribution in [0.25, 0.3) is 0 Å². The van der Waals surface area contributed by atoms with Crippen molar-refractivity contribution in [2.24, 2.45) is 0 Å². The molecular weight excluding hydrogens is 268 g/mol. The second-order valence-corrected chi connectivity index (χ2v) is 5.05. The van der Waals surface area contributed by atoms with E-state index in [0.717, 1.165) is 25.7 Å². The maximum absolute atomic E-state index is 10.7. The lowest BCUT2D eigenvalue weighted by molar-refractivity contribution is 0.0697. The average molecular weight is 291 g/mol. The first-order valence-electron chi connectivity index (χ1n) is 7.55. The number of ether oxygens (including phenoxy) is 1. The van der Waals surface area contributed by atoms with Crippen LogP contribution in [-0.2, 0) is 4.79 Å². The van der Waals surface area contributed by atoms with E-state index in [4.69, 9.17) is 9.84 Å². The van der Waals surface area contributed by atoms with Crippen LogP contribution in [0.3, 0.4) is 0 Å². The fourth-order valence-corrected chi connectivity index (χ4v) is 2.07. The molecule has 0 heterocycles. The Hall–Kier alpha value is -1.84. The SMILES string of the molecule is O=[C]CCCCCCCCCOc1ccc(C(=O)O)cc1. The van der Waals surface area contributed by atoms with Crippen LogP contribution in [-0.4, -0.2) is 24.0 Å². The van der Waals surface area contributed by atoms with E-state index in [1.54, 1.807) is 24.3 Å². The molecule has 0 spiro atoms. The van der Waals surface area contributed by atoms with Crippen molar-refractivity contribution in [2.75, 3.05) is 6.61 Å². The second kappa shape index (κ2) is 10.9. The molecule has 4 heteroatoms. The Kier molecular flexibility index (Phi) is 8.93. The lowest BCUT2D eigenvalue weighted by Crippen LogP contribution is -1.99. The first-order valence-corrected chi connectivity index (χ1v) is 7.55. The number of carboxylic acids is 1. The number of hydrogen-bond acceptors (Lipinski definition) is 3. The van der Waals surface area contributed by atoms with Crippen molar-refractivity contribution in [3.05, 3.63) is 29.8 Å². The number of aromatic carboxylic acids is 1. The summed E-state index contributed by atoms with van der Waals surface area (Å²) < 4.78 is 5.56. The molecule has 0 bridgehead atoms. The summed E-state index contributed by atoms with van der Waals surface area (Å²) in [6.45, 7) is 0.659. The van der Waals surface area contributed by atoms with Crippen molar-refractivity contribution in [1.82, 2.24) is 0 Å². The Bertz CT molecular complexity index is 411. The molecule has 0 unspecified atom stereocenters. The third-order valence-corrected chi connectivity index (χ3v) is 3.29. The minimum Gasteiger partial charge on any atom is -0.494 e. The van der Waals surface area contributed by atoms with E-state index in [9.17, 15) is 9.59 Å². The molecule has 0 aliphatic carbocycles. The molecule has 1 N–H and O–H groups in total. The number of benzene rings is 1. The number of rotatable bonds is 12. The molecule has 0 aliphatic heterocycles. The van der Waals surface area contributed by atoms with Gasteiger partial charge >= 0.3 is 5.97 Å². The van der Waals surface area contributed by atoms with Crippen LogP contribution < -0.4 is 4.74 Å². The van der Waals surface area contributed by atoms with E-state index in [1.165, 1.54) is 19.3 Å². The Morgan fingerprint density at radius 1 is 0.952 bits per heavy atom. The molecule has 4 nitrogen and oxygen atoms in total. The highest BCUT2D eigenvalue weighted by Crippen LogP contribution is 2.13. The molecule has 0 saturated heterocycles. The van der Waals surface area contributed by atoms with Crippen LogP contribution >= 0.6 is 0 Å². The van der Waals surface area contributed by atoms with Crippen molar-refractivity contribution in [2.45, 2.75) is 51.4 Å². The Morgan fingerprint density at radius 2 is 1.52 bits per heavy atom. The molecule has 0 amide bonds. The van der Waals surface area contributed by atoms with E-state index < -0.39 is 5.97 Å². The fourth-order valence-electron chi connectivity index (χ4n) is 2.07. The van der Waals surface area contributed by atoms with Gasteiger partial charge in [-0.2, -0.15) is 0 Å². The molecule has 0 aromatic heterocycles. The number of carbonyl (C=O) groups is 1. The van der Waals surface area contributed by atoms with Gasteiger partial charge in [-0.05, 0) is 37.1 Å². The summed E-state index contributed by atoms with van der Waals surface area (Å²) in [4.78, 5) is 20.7. The molecule has 115 valence electrons. The van der Waals surface area contributed by atoms with Gasteiger partial charge in [-0.15, -0.1) is 0 Å².